The Morgan fingerprint density at radius 2 is 1.59 bits per heavy atom. The van der Waals surface area contributed by atoms with Crippen LogP contribution in [-0.4, -0.2) is 44.3 Å². The first-order valence-electron chi connectivity index (χ1n) is 11.8. The Bertz CT molecular complexity index is 1020. The van der Waals surface area contributed by atoms with Gasteiger partial charge in [-0.2, -0.15) is 0 Å². The van der Waals surface area contributed by atoms with Crippen LogP contribution in [0.5, 0.6) is 0 Å². The van der Waals surface area contributed by atoms with E-state index in [9.17, 15) is 18.0 Å². The van der Waals surface area contributed by atoms with Gasteiger partial charge in [-0.1, -0.05) is 63.2 Å². The second-order valence-electron chi connectivity index (χ2n) is 8.80. The summed E-state index contributed by atoms with van der Waals surface area (Å²) in [6, 6.07) is 15.5. The minimum atomic E-state index is -3.51. The summed E-state index contributed by atoms with van der Waals surface area (Å²) in [6.45, 7) is 8.93. The second kappa shape index (κ2) is 13.2. The molecule has 2 N–H and O–H groups in total. The molecule has 2 amide bonds. The van der Waals surface area contributed by atoms with Crippen LogP contribution in [0, 0.1) is 5.92 Å². The van der Waals surface area contributed by atoms with Crippen molar-refractivity contribution in [3.05, 3.63) is 65.7 Å². The summed E-state index contributed by atoms with van der Waals surface area (Å²) in [6.07, 6.45) is 1.55. The summed E-state index contributed by atoms with van der Waals surface area (Å²) >= 11 is 0. The molecule has 7 nitrogen and oxygen atoms in total. The molecule has 186 valence electrons. The first kappa shape index (κ1) is 27.5. The normalized spacial score (nSPS) is 12.4. The van der Waals surface area contributed by atoms with Crippen molar-refractivity contribution in [3.8, 4) is 0 Å². The SMILES string of the molecule is CCNS(=O)(=O)c1ccc(CCC(=O)N(Cc2ccccc2)[C@@H](C)C(=O)NCCC(C)C)cc1. The van der Waals surface area contributed by atoms with Crippen LogP contribution in [0.4, 0.5) is 0 Å². The van der Waals surface area contributed by atoms with Gasteiger partial charge in [-0.15, -0.1) is 0 Å². The summed E-state index contributed by atoms with van der Waals surface area (Å²) in [5.41, 5.74) is 1.81. The van der Waals surface area contributed by atoms with Gasteiger partial charge >= 0.3 is 0 Å². The first-order valence-corrected chi connectivity index (χ1v) is 13.3. The summed E-state index contributed by atoms with van der Waals surface area (Å²) in [7, 11) is -3.51. The predicted octanol–water partition coefficient (Wildman–Crippen LogP) is 3.50. The van der Waals surface area contributed by atoms with Crippen molar-refractivity contribution in [1.29, 1.82) is 0 Å². The van der Waals surface area contributed by atoms with E-state index in [1.807, 2.05) is 30.3 Å². The molecule has 0 radical (unpaired) electrons. The minimum Gasteiger partial charge on any atom is -0.354 e. The number of amides is 2. The molecule has 0 heterocycles. The average Bonchev–Trinajstić information content (AvgIpc) is 2.81. The van der Waals surface area contributed by atoms with Gasteiger partial charge in [-0.05, 0) is 48.9 Å². The third-order valence-corrected chi connectivity index (χ3v) is 7.14. The average molecular weight is 488 g/mol. The Kier molecular flexibility index (Phi) is 10.7. The molecule has 0 aliphatic rings. The van der Waals surface area contributed by atoms with Crippen LogP contribution >= 0.6 is 0 Å². The highest BCUT2D eigenvalue weighted by Crippen LogP contribution is 2.15. The topological polar surface area (TPSA) is 95.6 Å². The zero-order chi connectivity index (χ0) is 25.1. The molecular weight excluding hydrogens is 450 g/mol. The van der Waals surface area contributed by atoms with E-state index in [1.54, 1.807) is 43.0 Å². The fourth-order valence-electron chi connectivity index (χ4n) is 3.50. The Morgan fingerprint density at radius 3 is 2.18 bits per heavy atom. The van der Waals surface area contributed by atoms with E-state index in [4.69, 9.17) is 0 Å². The van der Waals surface area contributed by atoms with Crippen molar-refractivity contribution in [2.75, 3.05) is 13.1 Å². The summed E-state index contributed by atoms with van der Waals surface area (Å²) in [4.78, 5) is 27.8. The third kappa shape index (κ3) is 8.57. The molecule has 2 aromatic carbocycles. The maximum atomic E-state index is 13.2. The van der Waals surface area contributed by atoms with Gasteiger partial charge in [0.25, 0.3) is 0 Å². The lowest BCUT2D eigenvalue weighted by molar-refractivity contribution is -0.140. The zero-order valence-electron chi connectivity index (χ0n) is 20.6. The highest BCUT2D eigenvalue weighted by atomic mass is 32.2. The van der Waals surface area contributed by atoms with Crippen LogP contribution in [0.1, 0.15) is 51.7 Å². The van der Waals surface area contributed by atoms with E-state index in [-0.39, 0.29) is 23.1 Å². The van der Waals surface area contributed by atoms with Crippen molar-refractivity contribution in [1.82, 2.24) is 14.9 Å². The molecule has 1 atom stereocenters. The molecule has 0 bridgehead atoms. The van der Waals surface area contributed by atoms with Crippen LogP contribution < -0.4 is 10.0 Å². The van der Waals surface area contributed by atoms with Crippen molar-refractivity contribution in [2.24, 2.45) is 5.92 Å². The lowest BCUT2D eigenvalue weighted by Gasteiger charge is -2.29. The Hall–Kier alpha value is -2.71. The van der Waals surface area contributed by atoms with Gasteiger partial charge in [0.05, 0.1) is 4.90 Å². The van der Waals surface area contributed by atoms with Gasteiger partial charge in [0, 0.05) is 26.1 Å². The van der Waals surface area contributed by atoms with Crippen LogP contribution in [0.3, 0.4) is 0 Å². The number of hydrogen-bond acceptors (Lipinski definition) is 4. The van der Waals surface area contributed by atoms with Crippen molar-refractivity contribution in [3.63, 3.8) is 0 Å². The van der Waals surface area contributed by atoms with Crippen LogP contribution in [0.15, 0.2) is 59.5 Å². The Morgan fingerprint density at radius 1 is 0.941 bits per heavy atom. The molecule has 0 aromatic heterocycles. The minimum absolute atomic E-state index is 0.125. The molecule has 0 spiro atoms. The van der Waals surface area contributed by atoms with Crippen LogP contribution in [0.25, 0.3) is 0 Å². The molecule has 2 rings (SSSR count). The first-order chi connectivity index (χ1) is 16.1. The van der Waals surface area contributed by atoms with E-state index in [1.165, 1.54) is 0 Å². The fraction of sp³-hybridized carbons (Fsp3) is 0.462. The van der Waals surface area contributed by atoms with E-state index >= 15 is 0 Å². The second-order valence-corrected chi connectivity index (χ2v) is 10.6. The summed E-state index contributed by atoms with van der Waals surface area (Å²) < 4.78 is 26.7. The molecule has 0 saturated carbocycles. The van der Waals surface area contributed by atoms with E-state index < -0.39 is 16.1 Å². The lowest BCUT2D eigenvalue weighted by Crippen LogP contribution is -2.48. The zero-order valence-corrected chi connectivity index (χ0v) is 21.4. The number of rotatable bonds is 13. The number of carbonyl (C=O) groups excluding carboxylic acids is 2. The standard InChI is InChI=1S/C26H37N3O4S/c1-5-28-34(32,33)24-14-11-22(12-15-24)13-16-25(30)29(19-23-9-7-6-8-10-23)21(4)26(31)27-18-17-20(2)3/h6-12,14-15,20-21,28H,5,13,16-19H2,1-4H3,(H,27,31)/t21-/m0/s1. The van der Waals surface area contributed by atoms with E-state index in [0.29, 0.717) is 32.0 Å². The molecular formula is C26H37N3O4S. The van der Waals surface area contributed by atoms with Crippen LogP contribution in [0.2, 0.25) is 0 Å². The van der Waals surface area contributed by atoms with E-state index in [0.717, 1.165) is 17.5 Å². The molecule has 8 heteroatoms. The van der Waals surface area contributed by atoms with Gasteiger partial charge < -0.3 is 10.2 Å². The highest BCUT2D eigenvalue weighted by Gasteiger charge is 2.25. The lowest BCUT2D eigenvalue weighted by atomic mass is 10.1. The van der Waals surface area contributed by atoms with Gasteiger partial charge in [0.2, 0.25) is 21.8 Å². The number of benzene rings is 2. The number of nitrogens with one attached hydrogen (secondary N) is 2. The van der Waals surface area contributed by atoms with Crippen molar-refractivity contribution in [2.45, 2.75) is 64.4 Å². The third-order valence-electron chi connectivity index (χ3n) is 5.58. The predicted molar refractivity (Wildman–Crippen MR) is 135 cm³/mol. The molecule has 0 saturated heterocycles. The summed E-state index contributed by atoms with van der Waals surface area (Å²) in [5.74, 6) is 0.194. The molecule has 0 aliphatic heterocycles. The number of carbonyl (C=O) groups is 2. The fourth-order valence-corrected chi connectivity index (χ4v) is 4.54. The molecule has 0 unspecified atom stereocenters. The van der Waals surface area contributed by atoms with Gasteiger partial charge in [0.15, 0.2) is 0 Å². The van der Waals surface area contributed by atoms with Crippen molar-refractivity contribution < 1.29 is 18.0 Å². The maximum Gasteiger partial charge on any atom is 0.242 e. The quantitative estimate of drug-likeness (QED) is 0.452. The monoisotopic (exact) mass is 487 g/mol. The molecule has 2 aromatic rings. The maximum absolute atomic E-state index is 13.2. The van der Waals surface area contributed by atoms with Gasteiger partial charge in [-0.3, -0.25) is 9.59 Å². The molecule has 0 aliphatic carbocycles. The largest absolute Gasteiger partial charge is 0.354 e. The number of hydrogen-bond donors (Lipinski definition) is 2. The smallest absolute Gasteiger partial charge is 0.242 e. The summed E-state index contributed by atoms with van der Waals surface area (Å²) in [5, 5.41) is 2.94. The number of nitrogens with zero attached hydrogens (tertiary/aromatic N) is 1. The Balaban J connectivity index is 2.08. The highest BCUT2D eigenvalue weighted by molar-refractivity contribution is 7.89. The van der Waals surface area contributed by atoms with Crippen molar-refractivity contribution >= 4 is 21.8 Å². The van der Waals surface area contributed by atoms with Gasteiger partial charge in [0.1, 0.15) is 6.04 Å². The molecule has 34 heavy (non-hydrogen) atoms. The van der Waals surface area contributed by atoms with Gasteiger partial charge in [-0.25, -0.2) is 13.1 Å². The molecule has 0 fully saturated rings. The van der Waals surface area contributed by atoms with Crippen LogP contribution in [-0.2, 0) is 32.6 Å². The Labute approximate surface area is 204 Å². The number of sulfonamides is 1. The van der Waals surface area contributed by atoms with E-state index in [2.05, 4.69) is 23.9 Å². The number of aryl methyl sites for hydroxylation is 1.